The van der Waals surface area contributed by atoms with E-state index >= 15 is 0 Å². The monoisotopic (exact) mass is 140 g/mol. The van der Waals surface area contributed by atoms with Crippen LogP contribution in [-0.2, 0) is 5.60 Å². The molecular weight excluding hydrogens is 128 g/mol. The maximum absolute atomic E-state index is 9.42. The Kier molecular flexibility index (Phi) is 1.52. The van der Waals surface area contributed by atoms with Gasteiger partial charge in [0.1, 0.15) is 11.4 Å². The van der Waals surface area contributed by atoms with Crippen LogP contribution in [0.1, 0.15) is 25.4 Å². The Bertz CT molecular complexity index is 222. The molecule has 0 bridgehead atoms. The van der Waals surface area contributed by atoms with Crippen LogP contribution in [0.15, 0.2) is 6.20 Å². The van der Waals surface area contributed by atoms with Gasteiger partial charge in [0, 0.05) is 6.20 Å². The molecular formula is C7H12N2O. The van der Waals surface area contributed by atoms with Crippen molar-refractivity contribution in [2.24, 2.45) is 0 Å². The van der Waals surface area contributed by atoms with Crippen LogP contribution in [0.25, 0.3) is 0 Å². The van der Waals surface area contributed by atoms with Gasteiger partial charge in [-0.2, -0.15) is 0 Å². The molecule has 0 fully saturated rings. The van der Waals surface area contributed by atoms with E-state index in [1.807, 2.05) is 6.92 Å². The Hall–Kier alpha value is -0.830. The van der Waals surface area contributed by atoms with Crippen LogP contribution in [0.4, 0.5) is 0 Å². The number of aromatic nitrogens is 2. The molecule has 0 atom stereocenters. The topological polar surface area (TPSA) is 48.9 Å². The van der Waals surface area contributed by atoms with Gasteiger partial charge in [-0.3, -0.25) is 0 Å². The van der Waals surface area contributed by atoms with Gasteiger partial charge in [-0.05, 0) is 20.8 Å². The van der Waals surface area contributed by atoms with Crippen molar-refractivity contribution < 1.29 is 5.11 Å². The smallest absolute Gasteiger partial charge is 0.103 e. The van der Waals surface area contributed by atoms with E-state index in [2.05, 4.69) is 9.97 Å². The van der Waals surface area contributed by atoms with Crippen molar-refractivity contribution in [3.05, 3.63) is 17.7 Å². The van der Waals surface area contributed by atoms with E-state index in [-0.39, 0.29) is 0 Å². The minimum absolute atomic E-state index is 0.685. The number of rotatable bonds is 1. The molecule has 3 heteroatoms. The van der Waals surface area contributed by atoms with Crippen LogP contribution in [0.5, 0.6) is 0 Å². The molecule has 0 saturated carbocycles. The SMILES string of the molecule is Cc1nc(C(C)(C)O)c[nH]1. The van der Waals surface area contributed by atoms with Gasteiger partial charge in [-0.1, -0.05) is 0 Å². The molecule has 10 heavy (non-hydrogen) atoms. The van der Waals surface area contributed by atoms with E-state index in [9.17, 15) is 5.11 Å². The number of H-pyrrole nitrogens is 1. The van der Waals surface area contributed by atoms with Crippen LogP contribution in [0, 0.1) is 6.92 Å². The molecule has 1 aromatic heterocycles. The number of nitrogens with one attached hydrogen (secondary N) is 1. The molecule has 0 aliphatic carbocycles. The van der Waals surface area contributed by atoms with Crippen molar-refractivity contribution in [3.8, 4) is 0 Å². The van der Waals surface area contributed by atoms with E-state index < -0.39 is 5.60 Å². The summed E-state index contributed by atoms with van der Waals surface area (Å²) in [4.78, 5) is 6.98. The highest BCUT2D eigenvalue weighted by Crippen LogP contribution is 2.15. The molecule has 1 rings (SSSR count). The first-order valence-electron chi connectivity index (χ1n) is 3.25. The van der Waals surface area contributed by atoms with Crippen molar-refractivity contribution in [2.75, 3.05) is 0 Å². The summed E-state index contributed by atoms with van der Waals surface area (Å²) in [6, 6.07) is 0. The first-order valence-corrected chi connectivity index (χ1v) is 3.25. The standard InChI is InChI=1S/C7H12N2O/c1-5-8-4-6(9-5)7(2,3)10/h4,10H,1-3H3,(H,8,9). The normalized spacial score (nSPS) is 12.0. The summed E-state index contributed by atoms with van der Waals surface area (Å²) in [5, 5.41) is 9.42. The average molecular weight is 140 g/mol. The Balaban J connectivity index is 2.96. The average Bonchev–Trinajstić information content (AvgIpc) is 2.11. The Labute approximate surface area is 60.1 Å². The van der Waals surface area contributed by atoms with Crippen LogP contribution >= 0.6 is 0 Å². The van der Waals surface area contributed by atoms with Crippen LogP contribution in [0.2, 0.25) is 0 Å². The van der Waals surface area contributed by atoms with Gasteiger partial charge in [0.2, 0.25) is 0 Å². The summed E-state index contributed by atoms with van der Waals surface area (Å²) < 4.78 is 0. The zero-order valence-electron chi connectivity index (χ0n) is 6.47. The number of hydrogen-bond acceptors (Lipinski definition) is 2. The molecule has 0 aliphatic heterocycles. The third-order valence-electron chi connectivity index (χ3n) is 1.33. The Morgan fingerprint density at radius 2 is 2.20 bits per heavy atom. The maximum Gasteiger partial charge on any atom is 0.103 e. The van der Waals surface area contributed by atoms with Crippen molar-refractivity contribution >= 4 is 0 Å². The van der Waals surface area contributed by atoms with Gasteiger partial charge < -0.3 is 10.1 Å². The molecule has 0 radical (unpaired) electrons. The predicted molar refractivity (Wildman–Crippen MR) is 38.6 cm³/mol. The van der Waals surface area contributed by atoms with Crippen molar-refractivity contribution in [1.29, 1.82) is 0 Å². The molecule has 0 spiro atoms. The predicted octanol–water partition coefficient (Wildman–Crippen LogP) is 0.946. The largest absolute Gasteiger partial charge is 0.384 e. The molecule has 56 valence electrons. The highest BCUT2D eigenvalue weighted by atomic mass is 16.3. The maximum atomic E-state index is 9.42. The molecule has 3 nitrogen and oxygen atoms in total. The molecule has 0 unspecified atom stereocenters. The van der Waals surface area contributed by atoms with E-state index in [1.165, 1.54) is 0 Å². The third kappa shape index (κ3) is 1.36. The van der Waals surface area contributed by atoms with Gasteiger partial charge in [-0.25, -0.2) is 4.98 Å². The minimum Gasteiger partial charge on any atom is -0.384 e. The Morgan fingerprint density at radius 3 is 2.40 bits per heavy atom. The first-order chi connectivity index (χ1) is 4.50. The number of nitrogens with zero attached hydrogens (tertiary/aromatic N) is 1. The second kappa shape index (κ2) is 2.09. The van der Waals surface area contributed by atoms with Crippen molar-refractivity contribution in [1.82, 2.24) is 9.97 Å². The van der Waals surface area contributed by atoms with E-state index in [0.717, 1.165) is 5.82 Å². The fourth-order valence-corrected chi connectivity index (χ4v) is 0.731. The highest BCUT2D eigenvalue weighted by Gasteiger charge is 2.18. The van der Waals surface area contributed by atoms with Gasteiger partial charge in [0.25, 0.3) is 0 Å². The van der Waals surface area contributed by atoms with Crippen LogP contribution in [0.3, 0.4) is 0 Å². The number of aryl methyl sites for hydroxylation is 1. The van der Waals surface area contributed by atoms with Gasteiger partial charge in [-0.15, -0.1) is 0 Å². The molecule has 1 heterocycles. The summed E-state index contributed by atoms with van der Waals surface area (Å²) in [6.45, 7) is 5.28. The van der Waals surface area contributed by atoms with Crippen LogP contribution in [-0.4, -0.2) is 15.1 Å². The highest BCUT2D eigenvalue weighted by molar-refractivity contribution is 5.07. The number of aromatic amines is 1. The molecule has 0 aromatic carbocycles. The fraction of sp³-hybridized carbons (Fsp3) is 0.571. The molecule has 0 saturated heterocycles. The lowest BCUT2D eigenvalue weighted by Gasteiger charge is -2.12. The summed E-state index contributed by atoms with van der Waals surface area (Å²) in [5.41, 5.74) is -0.143. The van der Waals surface area contributed by atoms with E-state index in [0.29, 0.717) is 5.69 Å². The number of hydrogen-bond donors (Lipinski definition) is 2. The van der Waals surface area contributed by atoms with Gasteiger partial charge >= 0.3 is 0 Å². The summed E-state index contributed by atoms with van der Waals surface area (Å²) in [7, 11) is 0. The molecule has 0 aliphatic rings. The van der Waals surface area contributed by atoms with Gasteiger partial charge in [0.15, 0.2) is 0 Å². The Morgan fingerprint density at radius 1 is 1.60 bits per heavy atom. The quantitative estimate of drug-likeness (QED) is 0.610. The van der Waals surface area contributed by atoms with E-state index in [4.69, 9.17) is 0 Å². The number of aliphatic hydroxyl groups is 1. The third-order valence-corrected chi connectivity index (χ3v) is 1.33. The van der Waals surface area contributed by atoms with Crippen molar-refractivity contribution in [2.45, 2.75) is 26.4 Å². The second-order valence-corrected chi connectivity index (χ2v) is 2.93. The minimum atomic E-state index is -0.829. The molecule has 0 amide bonds. The fourth-order valence-electron chi connectivity index (χ4n) is 0.731. The van der Waals surface area contributed by atoms with E-state index in [1.54, 1.807) is 20.0 Å². The second-order valence-electron chi connectivity index (χ2n) is 2.93. The lowest BCUT2D eigenvalue weighted by Crippen LogP contribution is -2.15. The lowest BCUT2D eigenvalue weighted by atomic mass is 10.1. The summed E-state index contributed by atoms with van der Waals surface area (Å²) in [6.07, 6.45) is 1.72. The first kappa shape index (κ1) is 7.28. The molecule has 2 N–H and O–H groups in total. The summed E-state index contributed by atoms with van der Waals surface area (Å²) >= 11 is 0. The molecule has 1 aromatic rings. The lowest BCUT2D eigenvalue weighted by molar-refractivity contribution is 0.0742. The van der Waals surface area contributed by atoms with Crippen LogP contribution < -0.4 is 0 Å². The summed E-state index contributed by atoms with van der Waals surface area (Å²) in [5.74, 6) is 0.831. The number of imidazole rings is 1. The van der Waals surface area contributed by atoms with Crippen molar-refractivity contribution in [3.63, 3.8) is 0 Å². The zero-order valence-corrected chi connectivity index (χ0v) is 6.47. The zero-order chi connectivity index (χ0) is 7.78. The van der Waals surface area contributed by atoms with Gasteiger partial charge in [0.05, 0.1) is 5.69 Å².